The Kier molecular flexibility index (Phi) is 6.59. The van der Waals surface area contributed by atoms with Gasteiger partial charge in [-0.05, 0) is 41.1 Å². The highest BCUT2D eigenvalue weighted by atomic mass is 32.2. The molecule has 1 aliphatic heterocycles. The summed E-state index contributed by atoms with van der Waals surface area (Å²) in [5, 5.41) is 4.78. The zero-order chi connectivity index (χ0) is 22.6. The minimum absolute atomic E-state index is 0.00449. The molecule has 32 heavy (non-hydrogen) atoms. The standard InChI is InChI=1S/C23H24N2O6S/c1-29-21-9-7-19(15-22(21)32(27,28)25-10-12-30-13-11-25)24-23(26)16-31-20-8-6-17-4-2-3-5-18(17)14-20/h2-9,14-15H,10-13,16H2,1H3,(H,24,26). The van der Waals surface area contributed by atoms with Crippen LogP contribution in [0.25, 0.3) is 10.8 Å². The van der Waals surface area contributed by atoms with Crippen LogP contribution in [0, 0.1) is 0 Å². The smallest absolute Gasteiger partial charge is 0.262 e. The van der Waals surface area contributed by atoms with Gasteiger partial charge in [0.15, 0.2) is 6.61 Å². The van der Waals surface area contributed by atoms with Crippen LogP contribution in [-0.2, 0) is 19.6 Å². The second-order valence-electron chi connectivity index (χ2n) is 7.23. The van der Waals surface area contributed by atoms with Crippen molar-refractivity contribution in [3.05, 3.63) is 60.7 Å². The Bertz CT molecular complexity index is 1220. The number of sulfonamides is 1. The van der Waals surface area contributed by atoms with Crippen LogP contribution in [0.15, 0.2) is 65.6 Å². The van der Waals surface area contributed by atoms with Gasteiger partial charge in [0, 0.05) is 18.8 Å². The fourth-order valence-electron chi connectivity index (χ4n) is 3.49. The molecular weight excluding hydrogens is 432 g/mol. The normalized spacial score (nSPS) is 14.8. The molecule has 3 aromatic carbocycles. The number of morpholine rings is 1. The minimum atomic E-state index is -3.79. The van der Waals surface area contributed by atoms with Crippen molar-refractivity contribution >= 4 is 32.4 Å². The number of benzene rings is 3. The highest BCUT2D eigenvalue weighted by Gasteiger charge is 2.29. The largest absolute Gasteiger partial charge is 0.495 e. The van der Waals surface area contributed by atoms with E-state index in [0.717, 1.165) is 10.8 Å². The maximum atomic E-state index is 13.1. The molecule has 0 unspecified atom stereocenters. The molecule has 8 nitrogen and oxygen atoms in total. The average molecular weight is 457 g/mol. The summed E-state index contributed by atoms with van der Waals surface area (Å²) in [4.78, 5) is 12.4. The second kappa shape index (κ2) is 9.56. The predicted octanol–water partition coefficient (Wildman–Crippen LogP) is 2.89. The third-order valence-electron chi connectivity index (χ3n) is 5.13. The summed E-state index contributed by atoms with van der Waals surface area (Å²) >= 11 is 0. The Morgan fingerprint density at radius 2 is 1.78 bits per heavy atom. The Morgan fingerprint density at radius 3 is 2.53 bits per heavy atom. The van der Waals surface area contributed by atoms with E-state index in [1.54, 1.807) is 12.1 Å². The van der Waals surface area contributed by atoms with Crippen LogP contribution < -0.4 is 14.8 Å². The van der Waals surface area contributed by atoms with Gasteiger partial charge in [0.2, 0.25) is 10.0 Å². The van der Waals surface area contributed by atoms with Crippen LogP contribution >= 0.6 is 0 Å². The van der Waals surface area contributed by atoms with Gasteiger partial charge < -0.3 is 19.5 Å². The predicted molar refractivity (Wildman–Crippen MR) is 121 cm³/mol. The second-order valence-corrected chi connectivity index (χ2v) is 9.13. The van der Waals surface area contributed by atoms with Gasteiger partial charge in [-0.3, -0.25) is 4.79 Å². The summed E-state index contributed by atoms with van der Waals surface area (Å²) in [5.41, 5.74) is 0.338. The van der Waals surface area contributed by atoms with E-state index in [1.807, 2.05) is 36.4 Å². The van der Waals surface area contributed by atoms with Crippen molar-refractivity contribution in [1.29, 1.82) is 0 Å². The number of ether oxygens (including phenoxy) is 3. The van der Waals surface area contributed by atoms with Crippen molar-refractivity contribution < 1.29 is 27.4 Å². The molecule has 0 aliphatic carbocycles. The third-order valence-corrected chi connectivity index (χ3v) is 7.05. The van der Waals surface area contributed by atoms with Crippen molar-refractivity contribution in [3.8, 4) is 11.5 Å². The molecule has 168 valence electrons. The number of hydrogen-bond acceptors (Lipinski definition) is 6. The first kappa shape index (κ1) is 22.1. The van der Waals surface area contributed by atoms with Crippen molar-refractivity contribution in [2.24, 2.45) is 0 Å². The van der Waals surface area contributed by atoms with Crippen LogP contribution in [0.1, 0.15) is 0 Å². The number of hydrogen-bond donors (Lipinski definition) is 1. The Balaban J connectivity index is 1.46. The zero-order valence-electron chi connectivity index (χ0n) is 17.6. The number of anilines is 1. The molecule has 0 atom stereocenters. The summed E-state index contributed by atoms with van der Waals surface area (Å²) in [6, 6.07) is 18.0. The Labute approximate surface area is 186 Å². The van der Waals surface area contributed by atoms with Gasteiger partial charge in [0.1, 0.15) is 16.4 Å². The quantitative estimate of drug-likeness (QED) is 0.588. The molecule has 0 spiro atoms. The van der Waals surface area contributed by atoms with Gasteiger partial charge in [-0.1, -0.05) is 30.3 Å². The van der Waals surface area contributed by atoms with Crippen molar-refractivity contribution in [1.82, 2.24) is 4.31 Å². The first-order valence-electron chi connectivity index (χ1n) is 10.1. The van der Waals surface area contributed by atoms with Crippen molar-refractivity contribution in [3.63, 3.8) is 0 Å². The molecular formula is C23H24N2O6S. The minimum Gasteiger partial charge on any atom is -0.495 e. The molecule has 0 saturated carbocycles. The van der Waals surface area contributed by atoms with E-state index < -0.39 is 15.9 Å². The number of carbonyl (C=O) groups excluding carboxylic acids is 1. The van der Waals surface area contributed by atoms with Crippen molar-refractivity contribution in [2.75, 3.05) is 45.3 Å². The van der Waals surface area contributed by atoms with Gasteiger partial charge in [0.05, 0.1) is 20.3 Å². The van der Waals surface area contributed by atoms with Gasteiger partial charge >= 0.3 is 0 Å². The summed E-state index contributed by atoms with van der Waals surface area (Å²) in [6.45, 7) is 0.993. The maximum Gasteiger partial charge on any atom is 0.262 e. The molecule has 9 heteroatoms. The maximum absolute atomic E-state index is 13.1. The van der Waals surface area contributed by atoms with Gasteiger partial charge in [-0.25, -0.2) is 8.42 Å². The summed E-state index contributed by atoms with van der Waals surface area (Å²) < 4.78 is 43.6. The lowest BCUT2D eigenvalue weighted by atomic mass is 10.1. The van der Waals surface area contributed by atoms with Crippen molar-refractivity contribution in [2.45, 2.75) is 4.90 Å². The lowest BCUT2D eigenvalue weighted by Crippen LogP contribution is -2.40. The molecule has 3 aromatic rings. The molecule has 1 amide bonds. The van der Waals surface area contributed by atoms with E-state index in [-0.39, 0.29) is 30.3 Å². The summed E-state index contributed by atoms with van der Waals surface area (Å²) in [6.07, 6.45) is 0. The van der Waals surface area contributed by atoms with E-state index in [0.29, 0.717) is 24.7 Å². The molecule has 1 N–H and O–H groups in total. The molecule has 1 heterocycles. The van der Waals surface area contributed by atoms with E-state index in [4.69, 9.17) is 14.2 Å². The third kappa shape index (κ3) is 4.85. The molecule has 0 bridgehead atoms. The van der Waals surface area contributed by atoms with E-state index in [1.165, 1.54) is 23.5 Å². The molecule has 0 aromatic heterocycles. The number of amides is 1. The fraction of sp³-hybridized carbons (Fsp3) is 0.261. The lowest BCUT2D eigenvalue weighted by molar-refractivity contribution is -0.118. The van der Waals surface area contributed by atoms with Crippen LogP contribution in [-0.4, -0.2) is 58.7 Å². The molecule has 1 saturated heterocycles. The van der Waals surface area contributed by atoms with Crippen LogP contribution in [0.5, 0.6) is 11.5 Å². The highest BCUT2D eigenvalue weighted by molar-refractivity contribution is 7.89. The fourth-order valence-corrected chi connectivity index (χ4v) is 5.07. The van der Waals surface area contributed by atoms with Crippen LogP contribution in [0.2, 0.25) is 0 Å². The SMILES string of the molecule is COc1ccc(NC(=O)COc2ccc3ccccc3c2)cc1S(=O)(=O)N1CCOCC1. The highest BCUT2D eigenvalue weighted by Crippen LogP contribution is 2.30. The monoisotopic (exact) mass is 456 g/mol. The number of fused-ring (bicyclic) bond motifs is 1. The summed E-state index contributed by atoms with van der Waals surface area (Å²) in [5.74, 6) is 0.379. The topological polar surface area (TPSA) is 94.2 Å². The lowest BCUT2D eigenvalue weighted by Gasteiger charge is -2.26. The average Bonchev–Trinajstić information content (AvgIpc) is 2.83. The van der Waals surface area contributed by atoms with Crippen LogP contribution in [0.3, 0.4) is 0 Å². The molecule has 0 radical (unpaired) electrons. The van der Waals surface area contributed by atoms with Gasteiger partial charge in [0.25, 0.3) is 5.91 Å². The zero-order valence-corrected chi connectivity index (χ0v) is 18.4. The number of carbonyl (C=O) groups is 1. The Hall–Kier alpha value is -3.14. The molecule has 1 aliphatic rings. The summed E-state index contributed by atoms with van der Waals surface area (Å²) in [7, 11) is -2.39. The first-order chi connectivity index (χ1) is 15.5. The Morgan fingerprint density at radius 1 is 1.03 bits per heavy atom. The van der Waals surface area contributed by atoms with Gasteiger partial charge in [-0.15, -0.1) is 0 Å². The number of nitrogens with one attached hydrogen (secondary N) is 1. The number of nitrogens with zero attached hydrogens (tertiary/aromatic N) is 1. The first-order valence-corrected chi connectivity index (χ1v) is 11.6. The van der Waals surface area contributed by atoms with E-state index in [2.05, 4.69) is 5.32 Å². The number of methoxy groups -OCH3 is 1. The molecule has 4 rings (SSSR count). The van der Waals surface area contributed by atoms with Gasteiger partial charge in [-0.2, -0.15) is 4.31 Å². The van der Waals surface area contributed by atoms with E-state index in [9.17, 15) is 13.2 Å². The molecule has 1 fully saturated rings. The number of rotatable bonds is 7. The van der Waals surface area contributed by atoms with E-state index >= 15 is 0 Å². The van der Waals surface area contributed by atoms with Crippen LogP contribution in [0.4, 0.5) is 5.69 Å².